The number of hydrogen-bond donors (Lipinski definition) is 0. The Balaban J connectivity index is 2.29. The van der Waals surface area contributed by atoms with Crippen molar-refractivity contribution in [2.75, 3.05) is 12.4 Å². The summed E-state index contributed by atoms with van der Waals surface area (Å²) in [6.45, 7) is 4.03. The third-order valence-corrected chi connectivity index (χ3v) is 3.70. The summed E-state index contributed by atoms with van der Waals surface area (Å²) < 4.78 is 16.3. The van der Waals surface area contributed by atoms with E-state index >= 15 is 0 Å². The molecule has 2 unspecified atom stereocenters. The molecule has 0 aromatic rings. The quantitative estimate of drug-likeness (QED) is 0.605. The van der Waals surface area contributed by atoms with E-state index in [0.29, 0.717) is 6.61 Å². The maximum Gasteiger partial charge on any atom is 0.102 e. The molecule has 3 heteroatoms. The van der Waals surface area contributed by atoms with E-state index in [1.807, 2.05) is 0 Å². The summed E-state index contributed by atoms with van der Waals surface area (Å²) in [5.41, 5.74) is 0. The highest BCUT2D eigenvalue weighted by Crippen LogP contribution is 2.16. The molecule has 64 valence electrons. The molecule has 1 aliphatic rings. The van der Waals surface area contributed by atoms with Gasteiger partial charge in [-0.05, 0) is 12.8 Å². The van der Waals surface area contributed by atoms with Gasteiger partial charge in [-0.1, -0.05) is 13.0 Å². The van der Waals surface area contributed by atoms with E-state index in [-0.39, 0.29) is 5.25 Å². The minimum Gasteiger partial charge on any atom is -0.501 e. The van der Waals surface area contributed by atoms with Crippen LogP contribution in [-0.4, -0.2) is 21.8 Å². The second kappa shape index (κ2) is 4.54. The zero-order valence-corrected chi connectivity index (χ0v) is 7.44. The fraction of sp³-hybridized carbons (Fsp3) is 0.750. The van der Waals surface area contributed by atoms with Crippen LogP contribution in [0.15, 0.2) is 12.8 Å². The zero-order chi connectivity index (χ0) is 8.10. The van der Waals surface area contributed by atoms with Crippen molar-refractivity contribution in [1.82, 2.24) is 0 Å². The Morgan fingerprint density at radius 1 is 1.64 bits per heavy atom. The van der Waals surface area contributed by atoms with Gasteiger partial charge in [0.15, 0.2) is 0 Å². The molecule has 0 amide bonds. The fourth-order valence-electron chi connectivity index (χ4n) is 1.25. The first-order valence-corrected chi connectivity index (χ1v) is 5.32. The van der Waals surface area contributed by atoms with Gasteiger partial charge in [-0.3, -0.25) is 4.21 Å². The Morgan fingerprint density at radius 3 is 3.09 bits per heavy atom. The summed E-state index contributed by atoms with van der Waals surface area (Å²) in [5, 5.41) is 0.252. The highest BCUT2D eigenvalue weighted by molar-refractivity contribution is 7.85. The van der Waals surface area contributed by atoms with Crippen molar-refractivity contribution >= 4 is 10.8 Å². The van der Waals surface area contributed by atoms with Crippen molar-refractivity contribution in [1.29, 1.82) is 0 Å². The van der Waals surface area contributed by atoms with E-state index in [1.165, 1.54) is 12.7 Å². The van der Waals surface area contributed by atoms with E-state index < -0.39 is 10.8 Å². The third kappa shape index (κ3) is 2.66. The van der Waals surface area contributed by atoms with Gasteiger partial charge in [-0.25, -0.2) is 0 Å². The molecule has 0 aromatic heterocycles. The molecule has 1 saturated heterocycles. The van der Waals surface area contributed by atoms with Crippen molar-refractivity contribution in [3.05, 3.63) is 12.8 Å². The number of hydrogen-bond acceptors (Lipinski definition) is 2. The molecule has 1 aliphatic heterocycles. The van der Waals surface area contributed by atoms with Crippen molar-refractivity contribution < 1.29 is 8.95 Å². The lowest BCUT2D eigenvalue weighted by molar-refractivity contribution is 0.243. The van der Waals surface area contributed by atoms with Crippen molar-refractivity contribution in [2.24, 2.45) is 0 Å². The molecular weight excluding hydrogens is 160 g/mol. The highest BCUT2D eigenvalue weighted by Gasteiger charge is 2.20. The summed E-state index contributed by atoms with van der Waals surface area (Å²) >= 11 is 0. The van der Waals surface area contributed by atoms with Crippen molar-refractivity contribution in [2.45, 2.75) is 24.5 Å². The van der Waals surface area contributed by atoms with Crippen LogP contribution in [-0.2, 0) is 15.5 Å². The molecule has 1 rings (SSSR count). The SMILES string of the molecule is C=COCC1CCCCS1=O. The lowest BCUT2D eigenvalue weighted by atomic mass is 10.2. The predicted octanol–water partition coefficient (Wildman–Crippen LogP) is 1.45. The topological polar surface area (TPSA) is 26.3 Å². The normalized spacial score (nSPS) is 31.3. The van der Waals surface area contributed by atoms with Gasteiger partial charge in [-0.2, -0.15) is 0 Å². The Kier molecular flexibility index (Phi) is 3.63. The molecule has 0 spiro atoms. The van der Waals surface area contributed by atoms with Crippen LogP contribution < -0.4 is 0 Å². The minimum absolute atomic E-state index is 0.252. The summed E-state index contributed by atoms with van der Waals surface area (Å²) in [4.78, 5) is 0. The van der Waals surface area contributed by atoms with Crippen LogP contribution in [0.3, 0.4) is 0 Å². The molecular formula is C8H14O2S. The first-order valence-electron chi connectivity index (χ1n) is 3.94. The van der Waals surface area contributed by atoms with E-state index in [2.05, 4.69) is 6.58 Å². The Labute approximate surface area is 70.1 Å². The lowest BCUT2D eigenvalue weighted by Crippen LogP contribution is -2.26. The average Bonchev–Trinajstić information content (AvgIpc) is 2.03. The number of rotatable bonds is 3. The first kappa shape index (κ1) is 8.78. The van der Waals surface area contributed by atoms with Gasteiger partial charge in [-0.15, -0.1) is 0 Å². The van der Waals surface area contributed by atoms with Crippen LogP contribution in [0.5, 0.6) is 0 Å². The van der Waals surface area contributed by atoms with Gasteiger partial charge < -0.3 is 4.74 Å². The van der Waals surface area contributed by atoms with Gasteiger partial charge in [0.25, 0.3) is 0 Å². The van der Waals surface area contributed by atoms with Gasteiger partial charge in [0, 0.05) is 16.6 Å². The van der Waals surface area contributed by atoms with Crippen molar-refractivity contribution in [3.63, 3.8) is 0 Å². The van der Waals surface area contributed by atoms with Crippen LogP contribution in [0.25, 0.3) is 0 Å². The fourth-order valence-corrected chi connectivity index (χ4v) is 2.73. The second-order valence-electron chi connectivity index (χ2n) is 2.70. The molecule has 1 fully saturated rings. The molecule has 11 heavy (non-hydrogen) atoms. The monoisotopic (exact) mass is 174 g/mol. The lowest BCUT2D eigenvalue weighted by Gasteiger charge is -2.20. The van der Waals surface area contributed by atoms with Crippen LogP contribution in [0.1, 0.15) is 19.3 Å². The average molecular weight is 174 g/mol. The Morgan fingerprint density at radius 2 is 2.45 bits per heavy atom. The van der Waals surface area contributed by atoms with Gasteiger partial charge in [0.2, 0.25) is 0 Å². The molecule has 0 bridgehead atoms. The molecule has 0 aromatic carbocycles. The summed E-state index contributed by atoms with van der Waals surface area (Å²) in [7, 11) is -0.652. The van der Waals surface area contributed by atoms with Gasteiger partial charge in [0.1, 0.15) is 6.61 Å². The minimum atomic E-state index is -0.652. The van der Waals surface area contributed by atoms with Crippen LogP contribution >= 0.6 is 0 Å². The zero-order valence-electron chi connectivity index (χ0n) is 6.62. The first-order chi connectivity index (χ1) is 5.34. The predicted molar refractivity (Wildman–Crippen MR) is 46.8 cm³/mol. The van der Waals surface area contributed by atoms with Crippen LogP contribution in [0.4, 0.5) is 0 Å². The van der Waals surface area contributed by atoms with Gasteiger partial charge in [0.05, 0.1) is 11.5 Å². The molecule has 2 atom stereocenters. The molecule has 1 heterocycles. The maximum absolute atomic E-state index is 11.3. The molecule has 2 nitrogen and oxygen atoms in total. The maximum atomic E-state index is 11.3. The smallest absolute Gasteiger partial charge is 0.102 e. The highest BCUT2D eigenvalue weighted by atomic mass is 32.2. The van der Waals surface area contributed by atoms with E-state index in [4.69, 9.17) is 4.74 Å². The largest absolute Gasteiger partial charge is 0.501 e. The molecule has 0 radical (unpaired) electrons. The summed E-state index contributed by atoms with van der Waals surface area (Å²) in [6.07, 6.45) is 4.76. The number of ether oxygens (including phenoxy) is 1. The Hall–Kier alpha value is -0.310. The van der Waals surface area contributed by atoms with Gasteiger partial charge >= 0.3 is 0 Å². The second-order valence-corrected chi connectivity index (χ2v) is 4.54. The van der Waals surface area contributed by atoms with Crippen molar-refractivity contribution in [3.8, 4) is 0 Å². The van der Waals surface area contributed by atoms with Crippen LogP contribution in [0.2, 0.25) is 0 Å². The summed E-state index contributed by atoms with van der Waals surface area (Å²) in [6, 6.07) is 0. The van der Waals surface area contributed by atoms with E-state index in [0.717, 1.165) is 18.6 Å². The molecule has 0 N–H and O–H groups in total. The molecule has 0 saturated carbocycles. The van der Waals surface area contributed by atoms with E-state index in [1.54, 1.807) is 0 Å². The van der Waals surface area contributed by atoms with Crippen LogP contribution in [0, 0.1) is 0 Å². The van der Waals surface area contributed by atoms with E-state index in [9.17, 15) is 4.21 Å². The standard InChI is InChI=1S/C8H14O2S/c1-2-10-7-8-5-3-4-6-11(8)9/h2,8H,1,3-7H2. The third-order valence-electron chi connectivity index (χ3n) is 1.89. The summed E-state index contributed by atoms with van der Waals surface area (Å²) in [5.74, 6) is 0.852. The molecule has 0 aliphatic carbocycles. The Bertz CT molecular complexity index is 156.